The normalized spacial score (nSPS) is 22.9. The van der Waals surface area contributed by atoms with Gasteiger partial charge in [0.1, 0.15) is 17.4 Å². The van der Waals surface area contributed by atoms with Gasteiger partial charge in [-0.05, 0) is 82.7 Å². The van der Waals surface area contributed by atoms with Crippen LogP contribution in [0.3, 0.4) is 0 Å². The Kier molecular flexibility index (Phi) is 10.7. The molecule has 0 spiro atoms. The predicted molar refractivity (Wildman–Crippen MR) is 217 cm³/mol. The molecule has 2 N–H and O–H groups in total. The zero-order chi connectivity index (χ0) is 41.7. The highest BCUT2D eigenvalue weighted by Crippen LogP contribution is 2.36. The van der Waals surface area contributed by atoms with Gasteiger partial charge < -0.3 is 19.9 Å². The van der Waals surface area contributed by atoms with Gasteiger partial charge in [-0.2, -0.15) is 10.2 Å². The number of aryl methyl sites for hydroxylation is 1. The third-order valence-corrected chi connectivity index (χ3v) is 12.5. The fourth-order valence-corrected chi connectivity index (χ4v) is 9.39. The molecule has 1 aromatic carbocycles. The third kappa shape index (κ3) is 7.56. The van der Waals surface area contributed by atoms with Crippen molar-refractivity contribution in [2.24, 2.45) is 13.0 Å². The fraction of sp³-hybridized carbons (Fsp3) is 0.500. The number of benzene rings is 1. The topological polar surface area (TPSA) is 166 Å². The number of imidazole rings is 1. The van der Waals surface area contributed by atoms with E-state index < -0.39 is 30.0 Å². The van der Waals surface area contributed by atoms with E-state index in [-0.39, 0.29) is 53.9 Å². The number of aromatic nitrogens is 7. The van der Waals surface area contributed by atoms with E-state index in [2.05, 4.69) is 49.5 Å². The second kappa shape index (κ2) is 16.3. The van der Waals surface area contributed by atoms with Crippen LogP contribution in [0.5, 0.6) is 0 Å². The fourth-order valence-electron chi connectivity index (χ4n) is 9.39. The van der Waals surface area contributed by atoms with Crippen LogP contribution in [-0.2, 0) is 21.4 Å². The van der Waals surface area contributed by atoms with Crippen molar-refractivity contribution in [1.82, 2.24) is 43.7 Å². The average molecular weight is 824 g/mol. The van der Waals surface area contributed by atoms with E-state index in [4.69, 9.17) is 9.72 Å². The van der Waals surface area contributed by atoms with Gasteiger partial charge in [0.25, 0.3) is 12.3 Å². The first-order chi connectivity index (χ1) is 29.0. The minimum absolute atomic E-state index is 0.0178. The SMILES string of the molecule is CN(CCCC#Cc1cccc2c1n(C)c(=O)n2C1CCC(=O)NC1=O)CC1CCC(n2cc(NC(=O)c3cnn4ccc(N5C[C@H]6C[C@@H]5CO6)nc34)c(C(F)F)n2)CC1. The number of imide groups is 1. The third-order valence-electron chi connectivity index (χ3n) is 12.5. The number of ether oxygens (including phenoxy) is 1. The van der Waals surface area contributed by atoms with Gasteiger partial charge in [0.15, 0.2) is 11.3 Å². The van der Waals surface area contributed by atoms with Crippen molar-refractivity contribution in [3.05, 3.63) is 70.2 Å². The van der Waals surface area contributed by atoms with Gasteiger partial charge in [-0.3, -0.25) is 33.5 Å². The van der Waals surface area contributed by atoms with Crippen LogP contribution in [0.15, 0.2) is 47.7 Å². The smallest absolute Gasteiger partial charge is 0.329 e. The predicted octanol–water partition coefficient (Wildman–Crippen LogP) is 4.22. The minimum Gasteiger partial charge on any atom is -0.374 e. The van der Waals surface area contributed by atoms with E-state index >= 15 is 0 Å². The summed E-state index contributed by atoms with van der Waals surface area (Å²) in [5, 5.41) is 13.6. The Hall–Kier alpha value is -5.93. The Morgan fingerprint density at radius 1 is 1.12 bits per heavy atom. The largest absolute Gasteiger partial charge is 0.374 e. The Morgan fingerprint density at radius 3 is 2.70 bits per heavy atom. The molecule has 9 rings (SSSR count). The van der Waals surface area contributed by atoms with E-state index in [0.717, 1.165) is 64.0 Å². The summed E-state index contributed by atoms with van der Waals surface area (Å²) >= 11 is 0. The van der Waals surface area contributed by atoms with Crippen LogP contribution in [0.1, 0.15) is 97.9 Å². The summed E-state index contributed by atoms with van der Waals surface area (Å²) in [7, 11) is 3.76. The molecule has 3 atom stereocenters. The zero-order valence-electron chi connectivity index (χ0n) is 33.5. The number of fused-ring (bicyclic) bond motifs is 4. The Balaban J connectivity index is 0.772. The number of unbranched alkanes of at least 4 members (excludes halogenated alkanes) is 1. The Morgan fingerprint density at radius 2 is 1.95 bits per heavy atom. The number of halogens is 2. The number of morpholine rings is 1. The summed E-state index contributed by atoms with van der Waals surface area (Å²) in [5.41, 5.74) is 1.70. The summed E-state index contributed by atoms with van der Waals surface area (Å²) in [6, 6.07) is 6.77. The summed E-state index contributed by atoms with van der Waals surface area (Å²) in [6.07, 6.45) is 8.28. The molecule has 60 heavy (non-hydrogen) atoms. The maximum Gasteiger partial charge on any atom is 0.329 e. The molecule has 314 valence electrons. The standard InChI is InChI=1S/C42H47F2N11O5/c1-50(17-5-3-4-7-26-8-6-9-32-37(26)51(2)42(59)55(32)33-14-15-35(56)48-41(33)58)21-25-10-12-27(13-11-25)54-23-31(36(49-54)38(43)44)46-40(57)30-20-45-53-18-16-34(47-39(30)53)52-22-29-19-28(52)24-60-29/h6,8-9,16,18,20,23,25,27-29,33,38H,3,5,10-15,17,19,21-22,24H2,1-2H3,(H,46,57)(H,48,56,58)/t25?,27?,28-,29-,33?/m1/s1. The van der Waals surface area contributed by atoms with Crippen molar-refractivity contribution in [3.63, 3.8) is 0 Å². The number of piperidine rings is 1. The number of carbonyl (C=O) groups excluding carboxylic acids is 3. The summed E-state index contributed by atoms with van der Waals surface area (Å²) in [4.78, 5) is 60.2. The van der Waals surface area contributed by atoms with Crippen LogP contribution in [0.4, 0.5) is 20.3 Å². The van der Waals surface area contributed by atoms with Crippen molar-refractivity contribution in [3.8, 4) is 11.8 Å². The van der Waals surface area contributed by atoms with E-state index in [0.29, 0.717) is 41.2 Å². The molecule has 4 aromatic heterocycles. The van der Waals surface area contributed by atoms with Crippen LogP contribution >= 0.6 is 0 Å². The number of carbonyl (C=O) groups is 3. The lowest BCUT2D eigenvalue weighted by molar-refractivity contribution is -0.135. The molecule has 4 aliphatic rings. The van der Waals surface area contributed by atoms with Crippen LogP contribution in [0.25, 0.3) is 16.7 Å². The van der Waals surface area contributed by atoms with E-state index in [1.54, 1.807) is 24.0 Å². The maximum absolute atomic E-state index is 14.3. The summed E-state index contributed by atoms with van der Waals surface area (Å²) < 4.78 is 40.3. The molecule has 1 saturated carbocycles. The molecule has 4 fully saturated rings. The first-order valence-corrected chi connectivity index (χ1v) is 20.6. The van der Waals surface area contributed by atoms with Crippen molar-refractivity contribution >= 4 is 45.9 Å². The highest BCUT2D eigenvalue weighted by Gasteiger charge is 2.40. The zero-order valence-corrected chi connectivity index (χ0v) is 33.5. The molecule has 18 heteroatoms. The van der Waals surface area contributed by atoms with Gasteiger partial charge in [-0.1, -0.05) is 17.9 Å². The molecular weight excluding hydrogens is 777 g/mol. The lowest BCUT2D eigenvalue weighted by atomic mass is 9.86. The molecular formula is C42H47F2N11O5. The Labute approximate surface area is 343 Å². The first-order valence-electron chi connectivity index (χ1n) is 20.6. The van der Waals surface area contributed by atoms with Crippen molar-refractivity contribution in [2.45, 2.75) is 88.4 Å². The summed E-state index contributed by atoms with van der Waals surface area (Å²) in [5.74, 6) is 6.28. The molecule has 5 aromatic rings. The molecule has 3 saturated heterocycles. The number of amides is 3. The van der Waals surface area contributed by atoms with Crippen LogP contribution < -0.4 is 21.2 Å². The number of rotatable bonds is 11. The highest BCUT2D eigenvalue weighted by molar-refractivity contribution is 6.08. The van der Waals surface area contributed by atoms with Gasteiger partial charge in [0.05, 0.1) is 53.3 Å². The molecule has 3 aliphatic heterocycles. The molecule has 0 radical (unpaired) electrons. The van der Waals surface area contributed by atoms with Crippen molar-refractivity contribution < 1.29 is 27.9 Å². The van der Waals surface area contributed by atoms with Gasteiger partial charge in [0, 0.05) is 45.4 Å². The van der Waals surface area contributed by atoms with Gasteiger partial charge in [-0.25, -0.2) is 23.1 Å². The van der Waals surface area contributed by atoms with E-state index in [1.165, 1.54) is 26.0 Å². The van der Waals surface area contributed by atoms with E-state index in [9.17, 15) is 28.0 Å². The quantitative estimate of drug-likeness (QED) is 0.112. The maximum atomic E-state index is 14.3. The molecule has 7 heterocycles. The number of hydrogen-bond acceptors (Lipinski definition) is 10. The van der Waals surface area contributed by atoms with Crippen LogP contribution in [0, 0.1) is 17.8 Å². The van der Waals surface area contributed by atoms with Crippen LogP contribution in [0.2, 0.25) is 0 Å². The molecule has 16 nitrogen and oxygen atoms in total. The second-order valence-electron chi connectivity index (χ2n) is 16.5. The van der Waals surface area contributed by atoms with Crippen LogP contribution in [-0.4, -0.2) is 102 Å². The molecule has 1 unspecified atom stereocenters. The van der Waals surface area contributed by atoms with Crippen molar-refractivity contribution in [1.29, 1.82) is 0 Å². The first kappa shape index (κ1) is 39.5. The highest BCUT2D eigenvalue weighted by atomic mass is 19.3. The lowest BCUT2D eigenvalue weighted by Crippen LogP contribution is -2.44. The molecule has 3 amide bonds. The van der Waals surface area contributed by atoms with Gasteiger partial charge >= 0.3 is 5.69 Å². The van der Waals surface area contributed by atoms with E-state index in [1.807, 2.05) is 18.2 Å². The molecule has 1 aliphatic carbocycles. The molecule has 2 bridgehead atoms. The number of nitrogens with one attached hydrogen (secondary N) is 2. The lowest BCUT2D eigenvalue weighted by Gasteiger charge is -2.31. The summed E-state index contributed by atoms with van der Waals surface area (Å²) in [6.45, 7) is 3.12. The number of para-hydroxylation sites is 1. The number of nitrogens with zero attached hydrogens (tertiary/aromatic N) is 9. The number of hydrogen-bond donors (Lipinski definition) is 2. The number of alkyl halides is 2. The van der Waals surface area contributed by atoms with Gasteiger partial charge in [0.2, 0.25) is 11.8 Å². The number of anilines is 2. The minimum atomic E-state index is -2.87. The Bertz CT molecular complexity index is 2590. The van der Waals surface area contributed by atoms with Gasteiger partial charge in [-0.15, -0.1) is 0 Å². The van der Waals surface area contributed by atoms with Crippen molar-refractivity contribution in [2.75, 3.05) is 43.5 Å². The average Bonchev–Trinajstić information content (AvgIpc) is 4.08. The monoisotopic (exact) mass is 823 g/mol. The second-order valence-corrected chi connectivity index (χ2v) is 16.5.